The highest BCUT2D eigenvalue weighted by molar-refractivity contribution is 6.05. The molecule has 4 N–H and O–H groups in total. The van der Waals surface area contributed by atoms with Crippen LogP contribution in [0.2, 0.25) is 0 Å². The molecule has 9 heteroatoms. The zero-order valence-electron chi connectivity index (χ0n) is 18.8. The average molecular weight is 457 g/mol. The van der Waals surface area contributed by atoms with E-state index in [2.05, 4.69) is 16.5 Å². The number of benzene rings is 2. The summed E-state index contributed by atoms with van der Waals surface area (Å²) in [5.41, 5.74) is 7.98. The minimum atomic E-state index is -0.304. The van der Waals surface area contributed by atoms with Gasteiger partial charge in [-0.3, -0.25) is 9.78 Å². The zero-order valence-corrected chi connectivity index (χ0v) is 18.8. The second-order valence-corrected chi connectivity index (χ2v) is 7.49. The Hall–Kier alpha value is -3.27. The Bertz CT molecular complexity index is 1170. The highest BCUT2D eigenvalue weighted by Crippen LogP contribution is 2.43. The third-order valence-electron chi connectivity index (χ3n) is 5.35. The number of hydrogen-bond acceptors (Lipinski definition) is 6. The molecule has 0 aromatic heterocycles. The van der Waals surface area contributed by atoms with Crippen molar-refractivity contribution in [1.82, 2.24) is 9.78 Å². The molecule has 0 saturated heterocycles. The maximum absolute atomic E-state index is 13.8. The number of anilines is 2. The molecule has 2 aromatic rings. The Kier molecular flexibility index (Phi) is 7.33. The van der Waals surface area contributed by atoms with Crippen molar-refractivity contribution in [3.05, 3.63) is 48.3 Å². The Morgan fingerprint density at radius 2 is 1.73 bits per heavy atom. The summed E-state index contributed by atoms with van der Waals surface area (Å²) in [6, 6.07) is 12.4. The number of nitrogens with zero attached hydrogens (tertiary/aromatic N) is 1. The molecule has 2 aliphatic rings. The molecular formula is C24H29FN4O4. The molecule has 0 bridgehead atoms. The summed E-state index contributed by atoms with van der Waals surface area (Å²) >= 11 is 0. The van der Waals surface area contributed by atoms with Crippen molar-refractivity contribution in [2.24, 2.45) is 5.73 Å². The number of methoxy groups -OCH3 is 2. The maximum Gasteiger partial charge on any atom is 0.161 e. The lowest BCUT2D eigenvalue weighted by Gasteiger charge is -2.12. The van der Waals surface area contributed by atoms with Crippen LogP contribution in [0.25, 0.3) is 22.0 Å². The van der Waals surface area contributed by atoms with E-state index in [-0.39, 0.29) is 5.82 Å². The molecule has 0 amide bonds. The number of aromatic amines is 1. The molecule has 0 unspecified atom stereocenters. The lowest BCUT2D eigenvalue weighted by molar-refractivity contribution is 0.0470. The SMILES string of the molecule is COc1cc2cc3c(Nc4cccc(F)c4)n(CCOCCOCCN)[nH]c-3c2cc1OC. The fourth-order valence-electron chi connectivity index (χ4n) is 3.81. The number of hydrogen-bond donors (Lipinski definition) is 3. The summed E-state index contributed by atoms with van der Waals surface area (Å²) in [6.07, 6.45) is 0. The monoisotopic (exact) mass is 456 g/mol. The van der Waals surface area contributed by atoms with Crippen LogP contribution in [0.3, 0.4) is 0 Å². The Labute approximate surface area is 191 Å². The largest absolute Gasteiger partial charge is 0.493 e. The van der Waals surface area contributed by atoms with Crippen molar-refractivity contribution in [1.29, 1.82) is 0 Å². The van der Waals surface area contributed by atoms with Crippen LogP contribution in [-0.4, -0.2) is 57.0 Å². The van der Waals surface area contributed by atoms with Gasteiger partial charge in [-0.25, -0.2) is 4.39 Å². The van der Waals surface area contributed by atoms with E-state index in [1.54, 1.807) is 20.3 Å². The predicted octanol–water partition coefficient (Wildman–Crippen LogP) is 3.97. The molecule has 176 valence electrons. The minimum absolute atomic E-state index is 0.304. The van der Waals surface area contributed by atoms with Gasteiger partial charge in [0, 0.05) is 23.2 Å². The number of fused-ring (bicyclic) bond motifs is 3. The molecule has 2 aromatic carbocycles. The predicted molar refractivity (Wildman–Crippen MR) is 126 cm³/mol. The van der Waals surface area contributed by atoms with Gasteiger partial charge in [0.2, 0.25) is 0 Å². The lowest BCUT2D eigenvalue weighted by Crippen LogP contribution is -2.14. The third-order valence-corrected chi connectivity index (χ3v) is 5.35. The highest BCUT2D eigenvalue weighted by atomic mass is 19.1. The van der Waals surface area contributed by atoms with Crippen LogP contribution < -0.4 is 20.5 Å². The fourth-order valence-corrected chi connectivity index (χ4v) is 3.81. The van der Waals surface area contributed by atoms with Gasteiger partial charge in [-0.05, 0) is 41.8 Å². The summed E-state index contributed by atoms with van der Waals surface area (Å²) in [6.45, 7) is 3.05. The maximum atomic E-state index is 13.8. The van der Waals surface area contributed by atoms with Gasteiger partial charge in [0.15, 0.2) is 11.5 Å². The summed E-state index contributed by atoms with van der Waals surface area (Å²) in [7, 11) is 3.23. The first kappa shape index (κ1) is 22.9. The van der Waals surface area contributed by atoms with Gasteiger partial charge >= 0.3 is 0 Å². The van der Waals surface area contributed by atoms with Crippen LogP contribution in [0.5, 0.6) is 11.5 Å². The van der Waals surface area contributed by atoms with E-state index in [9.17, 15) is 4.39 Å². The number of nitrogens with two attached hydrogens (primary N) is 1. The molecule has 1 aliphatic carbocycles. The first-order valence-electron chi connectivity index (χ1n) is 10.8. The summed E-state index contributed by atoms with van der Waals surface area (Å²) in [5.74, 6) is 1.82. The Morgan fingerprint density at radius 1 is 0.970 bits per heavy atom. The topological polar surface area (TPSA) is 95.7 Å². The van der Waals surface area contributed by atoms with E-state index < -0.39 is 0 Å². The minimum Gasteiger partial charge on any atom is -0.493 e. The number of halogens is 1. The van der Waals surface area contributed by atoms with Crippen molar-refractivity contribution in [3.63, 3.8) is 0 Å². The molecule has 0 spiro atoms. The molecule has 1 aliphatic heterocycles. The second kappa shape index (κ2) is 10.6. The second-order valence-electron chi connectivity index (χ2n) is 7.49. The smallest absolute Gasteiger partial charge is 0.161 e. The number of rotatable bonds is 12. The summed E-state index contributed by atoms with van der Waals surface area (Å²) < 4.78 is 37.7. The highest BCUT2D eigenvalue weighted by Gasteiger charge is 2.22. The quantitative estimate of drug-likeness (QED) is 0.279. The molecule has 0 atom stereocenters. The van der Waals surface area contributed by atoms with Crippen molar-refractivity contribution in [2.75, 3.05) is 52.5 Å². The Balaban J connectivity index is 1.64. The van der Waals surface area contributed by atoms with Crippen LogP contribution in [0.1, 0.15) is 0 Å². The fraction of sp³-hybridized carbons (Fsp3) is 0.333. The molecule has 0 fully saturated rings. The molecule has 0 saturated carbocycles. The van der Waals surface area contributed by atoms with Crippen molar-refractivity contribution in [2.45, 2.75) is 6.54 Å². The van der Waals surface area contributed by atoms with E-state index in [1.807, 2.05) is 22.9 Å². The van der Waals surface area contributed by atoms with Gasteiger partial charge in [-0.15, -0.1) is 0 Å². The third kappa shape index (κ3) is 5.05. The molecule has 0 radical (unpaired) electrons. The number of ether oxygens (including phenoxy) is 4. The van der Waals surface area contributed by atoms with Crippen molar-refractivity contribution in [3.8, 4) is 22.8 Å². The first-order chi connectivity index (χ1) is 16.1. The molecule has 33 heavy (non-hydrogen) atoms. The number of H-pyrrole nitrogens is 1. The van der Waals surface area contributed by atoms with Gasteiger partial charge in [-0.1, -0.05) is 6.07 Å². The van der Waals surface area contributed by atoms with Gasteiger partial charge in [0.25, 0.3) is 0 Å². The van der Waals surface area contributed by atoms with Crippen molar-refractivity contribution < 1.29 is 23.3 Å². The van der Waals surface area contributed by atoms with Crippen molar-refractivity contribution >= 4 is 22.3 Å². The summed E-state index contributed by atoms with van der Waals surface area (Å²) in [4.78, 5) is 0. The number of aromatic nitrogens is 2. The Morgan fingerprint density at radius 3 is 2.45 bits per heavy atom. The van der Waals surface area contributed by atoms with Crippen LogP contribution in [-0.2, 0) is 16.0 Å². The van der Waals surface area contributed by atoms with Crippen LogP contribution >= 0.6 is 0 Å². The molecule has 8 nitrogen and oxygen atoms in total. The van der Waals surface area contributed by atoms with E-state index >= 15 is 0 Å². The van der Waals surface area contributed by atoms with E-state index in [1.165, 1.54) is 12.1 Å². The normalized spacial score (nSPS) is 11.4. The summed E-state index contributed by atoms with van der Waals surface area (Å²) in [5, 5.41) is 8.83. The van der Waals surface area contributed by atoms with Crippen LogP contribution in [0.15, 0.2) is 42.5 Å². The standard InChI is InChI=1S/C24H29FN4O4/c1-30-21-13-16-12-20-23(19(16)15-22(21)31-2)28-29(7-9-33-11-10-32-8-6-26)24(20)27-18-5-3-4-17(25)14-18/h3-5,12-15,27-28H,6-11,26H2,1-2H3. The molecule has 1 heterocycles. The first-order valence-corrected chi connectivity index (χ1v) is 10.8. The van der Waals surface area contributed by atoms with Gasteiger partial charge in [0.05, 0.1) is 52.9 Å². The molecular weight excluding hydrogens is 427 g/mol. The average Bonchev–Trinajstić information content (AvgIpc) is 3.33. The van der Waals surface area contributed by atoms with Gasteiger partial charge < -0.3 is 30.0 Å². The van der Waals surface area contributed by atoms with Gasteiger partial charge in [0.1, 0.15) is 11.6 Å². The number of nitrogens with one attached hydrogen (secondary N) is 2. The molecule has 4 rings (SSSR count). The lowest BCUT2D eigenvalue weighted by atomic mass is 10.2. The van der Waals surface area contributed by atoms with Gasteiger partial charge in [-0.2, -0.15) is 0 Å². The van der Waals surface area contributed by atoms with E-state index in [0.717, 1.165) is 27.8 Å². The zero-order chi connectivity index (χ0) is 23.2. The van der Waals surface area contributed by atoms with Crippen LogP contribution in [0, 0.1) is 5.82 Å². The van der Waals surface area contributed by atoms with E-state index in [0.29, 0.717) is 56.7 Å². The van der Waals surface area contributed by atoms with Crippen LogP contribution in [0.4, 0.5) is 15.9 Å². The van der Waals surface area contributed by atoms with E-state index in [4.69, 9.17) is 24.7 Å².